The van der Waals surface area contributed by atoms with Gasteiger partial charge in [-0.2, -0.15) is 11.8 Å². The fourth-order valence-electron chi connectivity index (χ4n) is 4.71. The molecule has 2 aliphatic heterocycles. The fourth-order valence-corrected chi connectivity index (χ4v) is 5.18. The third-order valence-electron chi connectivity index (χ3n) is 6.66. The molecule has 0 spiro atoms. The molecule has 10 heteroatoms. The maximum Gasteiger partial charge on any atom is 0.270 e. The molecule has 2 fully saturated rings. The number of hydrogen-bond donors (Lipinski definition) is 1. The molecule has 2 heterocycles. The predicted molar refractivity (Wildman–Crippen MR) is 132 cm³/mol. The van der Waals surface area contributed by atoms with Crippen molar-refractivity contribution in [1.82, 2.24) is 15.1 Å². The lowest BCUT2D eigenvalue weighted by atomic mass is 9.92. The van der Waals surface area contributed by atoms with Crippen LogP contribution in [0.2, 0.25) is 0 Å². The van der Waals surface area contributed by atoms with E-state index in [1.807, 2.05) is 11.2 Å². The maximum absolute atomic E-state index is 13.3. The summed E-state index contributed by atoms with van der Waals surface area (Å²) in [7, 11) is 0. The third kappa shape index (κ3) is 6.71. The van der Waals surface area contributed by atoms with Gasteiger partial charge in [0.25, 0.3) is 11.6 Å². The molecule has 2 aliphatic rings. The second kappa shape index (κ2) is 12.2. The summed E-state index contributed by atoms with van der Waals surface area (Å²) in [6.07, 6.45) is 5.86. The minimum absolute atomic E-state index is 0.0570. The van der Waals surface area contributed by atoms with Crippen molar-refractivity contribution in [1.29, 1.82) is 0 Å². The predicted octanol–water partition coefficient (Wildman–Crippen LogP) is 2.94. The van der Waals surface area contributed by atoms with Crippen molar-refractivity contribution in [2.45, 2.75) is 45.1 Å². The molecule has 2 saturated heterocycles. The zero-order valence-corrected chi connectivity index (χ0v) is 20.7. The van der Waals surface area contributed by atoms with Gasteiger partial charge in [0, 0.05) is 49.8 Å². The zero-order chi connectivity index (χ0) is 24.7. The molecule has 2 atom stereocenters. The molecule has 0 saturated carbocycles. The monoisotopic (exact) mass is 490 g/mol. The van der Waals surface area contributed by atoms with Gasteiger partial charge in [0.2, 0.25) is 11.8 Å². The first-order valence-electron chi connectivity index (χ1n) is 11.9. The molecule has 34 heavy (non-hydrogen) atoms. The van der Waals surface area contributed by atoms with Gasteiger partial charge in [-0.05, 0) is 56.1 Å². The highest BCUT2D eigenvalue weighted by molar-refractivity contribution is 7.98. The minimum atomic E-state index is -0.714. The van der Waals surface area contributed by atoms with Crippen LogP contribution in [0, 0.1) is 22.0 Å². The Kier molecular flexibility index (Phi) is 9.32. The molecule has 0 bridgehead atoms. The van der Waals surface area contributed by atoms with E-state index < -0.39 is 16.9 Å². The minimum Gasteiger partial charge on any atom is -0.342 e. The molecule has 2 unspecified atom stereocenters. The van der Waals surface area contributed by atoms with Crippen molar-refractivity contribution in [2.75, 3.05) is 38.2 Å². The lowest BCUT2D eigenvalue weighted by molar-refractivity contribution is -0.384. The number of nitro benzene ring substituents is 1. The normalized spacial score (nSPS) is 20.0. The molecule has 0 aliphatic carbocycles. The number of rotatable bonds is 8. The van der Waals surface area contributed by atoms with E-state index in [2.05, 4.69) is 12.2 Å². The summed E-state index contributed by atoms with van der Waals surface area (Å²) in [5.41, 5.74) is -0.0225. The lowest BCUT2D eigenvalue weighted by Gasteiger charge is -2.38. The second-order valence-corrected chi connectivity index (χ2v) is 10.2. The number of carbonyl (C=O) groups is 3. The van der Waals surface area contributed by atoms with E-state index in [4.69, 9.17) is 0 Å². The topological polar surface area (TPSA) is 113 Å². The van der Waals surface area contributed by atoms with Crippen molar-refractivity contribution >= 4 is 35.2 Å². The number of likely N-dealkylation sites (tertiary alicyclic amines) is 2. The Morgan fingerprint density at radius 3 is 2.56 bits per heavy atom. The van der Waals surface area contributed by atoms with E-state index in [9.17, 15) is 24.5 Å². The van der Waals surface area contributed by atoms with Crippen molar-refractivity contribution in [2.24, 2.45) is 11.8 Å². The summed E-state index contributed by atoms with van der Waals surface area (Å²) in [5.74, 6) is 0.701. The van der Waals surface area contributed by atoms with E-state index in [0.717, 1.165) is 25.9 Å². The Morgan fingerprint density at radius 2 is 1.91 bits per heavy atom. The van der Waals surface area contributed by atoms with Crippen LogP contribution in [0.4, 0.5) is 5.69 Å². The van der Waals surface area contributed by atoms with Crippen LogP contribution in [0.25, 0.3) is 0 Å². The summed E-state index contributed by atoms with van der Waals surface area (Å²) in [6.45, 7) is 4.79. The van der Waals surface area contributed by atoms with Crippen LogP contribution in [0.15, 0.2) is 24.3 Å². The average molecular weight is 491 g/mol. The van der Waals surface area contributed by atoms with Gasteiger partial charge >= 0.3 is 0 Å². The smallest absolute Gasteiger partial charge is 0.270 e. The molecule has 3 rings (SSSR count). The van der Waals surface area contributed by atoms with Crippen LogP contribution in [0.5, 0.6) is 0 Å². The van der Waals surface area contributed by atoms with Crippen molar-refractivity contribution < 1.29 is 19.3 Å². The van der Waals surface area contributed by atoms with E-state index in [-0.39, 0.29) is 29.0 Å². The number of hydrogen-bond acceptors (Lipinski definition) is 6. The maximum atomic E-state index is 13.3. The van der Waals surface area contributed by atoms with E-state index in [1.165, 1.54) is 24.3 Å². The molecular formula is C24H34N4O5S. The summed E-state index contributed by atoms with van der Waals surface area (Å²) in [5, 5.41) is 13.8. The number of benzene rings is 1. The van der Waals surface area contributed by atoms with Gasteiger partial charge in [-0.15, -0.1) is 0 Å². The van der Waals surface area contributed by atoms with Gasteiger partial charge in [-0.3, -0.25) is 24.5 Å². The van der Waals surface area contributed by atoms with Gasteiger partial charge in [-0.1, -0.05) is 13.0 Å². The quantitative estimate of drug-likeness (QED) is 0.443. The Labute approximate surface area is 204 Å². The second-order valence-electron chi connectivity index (χ2n) is 9.25. The van der Waals surface area contributed by atoms with Crippen molar-refractivity contribution in [3.8, 4) is 0 Å². The van der Waals surface area contributed by atoms with Gasteiger partial charge in [0.1, 0.15) is 6.04 Å². The molecule has 0 radical (unpaired) electrons. The highest BCUT2D eigenvalue weighted by Gasteiger charge is 2.34. The molecular weight excluding hydrogens is 456 g/mol. The summed E-state index contributed by atoms with van der Waals surface area (Å²) in [4.78, 5) is 53.2. The highest BCUT2D eigenvalue weighted by atomic mass is 32.2. The third-order valence-corrected chi connectivity index (χ3v) is 7.30. The van der Waals surface area contributed by atoms with Crippen LogP contribution in [0.3, 0.4) is 0 Å². The van der Waals surface area contributed by atoms with Crippen LogP contribution >= 0.6 is 11.8 Å². The Hall–Kier alpha value is -2.62. The first-order valence-corrected chi connectivity index (χ1v) is 13.3. The fraction of sp³-hybridized carbons (Fsp3) is 0.625. The molecule has 1 N–H and O–H groups in total. The van der Waals surface area contributed by atoms with Gasteiger partial charge in [0.15, 0.2) is 0 Å². The lowest BCUT2D eigenvalue weighted by Crippen LogP contribution is -2.52. The summed E-state index contributed by atoms with van der Waals surface area (Å²) in [6, 6.07) is 4.77. The summed E-state index contributed by atoms with van der Waals surface area (Å²) >= 11 is 1.58. The number of nitrogens with zero attached hydrogens (tertiary/aromatic N) is 3. The van der Waals surface area contributed by atoms with Crippen molar-refractivity contribution in [3.63, 3.8) is 0 Å². The Morgan fingerprint density at radius 1 is 1.18 bits per heavy atom. The number of non-ortho nitro benzene ring substituents is 1. The number of carbonyl (C=O) groups excluding carboxylic acids is 3. The number of thioether (sulfide) groups is 1. The number of amides is 3. The summed E-state index contributed by atoms with van der Waals surface area (Å²) < 4.78 is 0. The molecule has 186 valence electrons. The van der Waals surface area contributed by atoms with Gasteiger partial charge in [-0.25, -0.2) is 0 Å². The Balaban J connectivity index is 1.59. The number of nitrogens with one attached hydrogen (secondary N) is 1. The molecule has 1 aromatic rings. The Bertz CT molecular complexity index is 903. The standard InChI is InChI=1S/C24H34N4O5S/c1-17-5-4-11-27(16-17)23(30)18-8-12-26(13-9-18)24(31)21(10-14-34-2)25-22(29)19-6-3-7-20(15-19)28(32)33/h3,6-7,15,17-18,21H,4-5,8-14,16H2,1-2H3,(H,25,29). The van der Waals surface area contributed by atoms with Gasteiger partial charge in [0.05, 0.1) is 4.92 Å². The SMILES string of the molecule is CSCCC(NC(=O)c1cccc([N+](=O)[O-])c1)C(=O)N1CCC(C(=O)N2CCCC(C)C2)CC1. The molecule has 3 amide bonds. The van der Waals surface area contributed by atoms with Crippen LogP contribution < -0.4 is 5.32 Å². The first-order chi connectivity index (χ1) is 16.3. The van der Waals surface area contributed by atoms with Crippen LogP contribution in [-0.4, -0.2) is 76.7 Å². The zero-order valence-electron chi connectivity index (χ0n) is 19.9. The van der Waals surface area contributed by atoms with E-state index >= 15 is 0 Å². The largest absolute Gasteiger partial charge is 0.342 e. The van der Waals surface area contributed by atoms with Gasteiger partial charge < -0.3 is 15.1 Å². The number of nitro groups is 1. The van der Waals surface area contributed by atoms with E-state index in [1.54, 1.807) is 16.7 Å². The first kappa shape index (κ1) is 26.0. The average Bonchev–Trinajstić information content (AvgIpc) is 2.85. The van der Waals surface area contributed by atoms with E-state index in [0.29, 0.717) is 44.0 Å². The van der Waals surface area contributed by atoms with Crippen LogP contribution in [0.1, 0.15) is 49.4 Å². The number of piperidine rings is 2. The highest BCUT2D eigenvalue weighted by Crippen LogP contribution is 2.24. The van der Waals surface area contributed by atoms with Crippen LogP contribution in [-0.2, 0) is 9.59 Å². The molecule has 1 aromatic carbocycles. The molecule has 9 nitrogen and oxygen atoms in total. The van der Waals surface area contributed by atoms with Crippen molar-refractivity contribution in [3.05, 3.63) is 39.9 Å². The molecule has 0 aromatic heterocycles.